The van der Waals surface area contributed by atoms with Crippen LogP contribution in [0.25, 0.3) is 0 Å². The van der Waals surface area contributed by atoms with E-state index in [1.165, 1.54) is 24.3 Å². The largest absolute Gasteiger partial charge is 0.504 e. The van der Waals surface area contributed by atoms with Crippen molar-refractivity contribution in [2.45, 2.75) is 46.5 Å². The van der Waals surface area contributed by atoms with E-state index in [1.807, 2.05) is 19.1 Å². The van der Waals surface area contributed by atoms with Gasteiger partial charge in [-0.05, 0) is 78.6 Å². The first-order chi connectivity index (χ1) is 16.9. The number of phenolic OH excluding ortho intramolecular Hbond substituents is 7. The second-order valence-corrected chi connectivity index (χ2v) is 9.01. The summed E-state index contributed by atoms with van der Waals surface area (Å²) in [5.74, 6) is -1.57. The van der Waals surface area contributed by atoms with Gasteiger partial charge in [-0.1, -0.05) is 32.9 Å². The maximum Gasteiger partial charge on any atom is 0.201 e. The van der Waals surface area contributed by atoms with Gasteiger partial charge < -0.3 is 35.7 Å². The minimum Gasteiger partial charge on any atom is -0.504 e. The Bertz CT molecular complexity index is 1130. The van der Waals surface area contributed by atoms with E-state index in [0.717, 1.165) is 24.0 Å². The van der Waals surface area contributed by atoms with Crippen LogP contribution in [0.3, 0.4) is 0 Å². The summed E-state index contributed by atoms with van der Waals surface area (Å²) >= 11 is 0. The van der Waals surface area contributed by atoms with Crippen LogP contribution in [0.4, 0.5) is 0 Å². The highest BCUT2D eigenvalue weighted by Gasteiger charge is 2.17. The van der Waals surface area contributed by atoms with E-state index in [2.05, 4.69) is 13.8 Å². The van der Waals surface area contributed by atoms with Gasteiger partial charge in [-0.2, -0.15) is 0 Å². The molecule has 0 fully saturated rings. The molecule has 7 N–H and O–H groups in total. The van der Waals surface area contributed by atoms with Crippen molar-refractivity contribution in [2.75, 3.05) is 0 Å². The third-order valence-electron chi connectivity index (χ3n) is 6.07. The average Bonchev–Trinajstić information content (AvgIpc) is 2.83. The number of rotatable bonds is 8. The number of carbonyl (C=O) groups excluding carboxylic acids is 1. The summed E-state index contributed by atoms with van der Waals surface area (Å²) in [6, 6.07) is 12.3. The molecule has 8 heteroatoms. The fourth-order valence-corrected chi connectivity index (χ4v) is 3.69. The first-order valence-corrected chi connectivity index (χ1v) is 11.7. The SMILES string of the molecule is CCCC(=O)c1ccc(O)c(O)c1O.C[C@H](Cc1ccc(O)c(O)c1)[C@@H](C)Cc1ccc(O)c(O)c1. The van der Waals surface area contributed by atoms with Crippen LogP contribution >= 0.6 is 0 Å². The number of hydrogen-bond acceptors (Lipinski definition) is 8. The van der Waals surface area contributed by atoms with Crippen molar-refractivity contribution in [1.29, 1.82) is 0 Å². The zero-order valence-corrected chi connectivity index (χ0v) is 20.6. The van der Waals surface area contributed by atoms with Gasteiger partial charge >= 0.3 is 0 Å². The van der Waals surface area contributed by atoms with Gasteiger partial charge in [-0.3, -0.25) is 4.79 Å². The Labute approximate surface area is 210 Å². The molecule has 0 bridgehead atoms. The molecule has 0 aliphatic heterocycles. The van der Waals surface area contributed by atoms with Crippen LogP contribution in [0, 0.1) is 11.8 Å². The van der Waals surface area contributed by atoms with Gasteiger partial charge in [0.1, 0.15) is 0 Å². The Balaban J connectivity index is 0.000000281. The third kappa shape index (κ3) is 7.46. The molecule has 2 atom stereocenters. The van der Waals surface area contributed by atoms with Crippen molar-refractivity contribution >= 4 is 5.78 Å². The van der Waals surface area contributed by atoms with Crippen LogP contribution in [0.5, 0.6) is 40.2 Å². The van der Waals surface area contributed by atoms with E-state index >= 15 is 0 Å². The second kappa shape index (κ2) is 12.6. The van der Waals surface area contributed by atoms with Crippen molar-refractivity contribution in [2.24, 2.45) is 11.8 Å². The number of Topliss-reactive ketones (excluding diaryl/α,β-unsaturated/α-hetero) is 1. The van der Waals surface area contributed by atoms with Crippen molar-refractivity contribution in [3.8, 4) is 40.2 Å². The predicted octanol–water partition coefficient (Wildman–Crippen LogP) is 5.35. The van der Waals surface area contributed by atoms with Crippen molar-refractivity contribution in [3.05, 3.63) is 65.2 Å². The molecule has 0 heterocycles. The van der Waals surface area contributed by atoms with E-state index in [-0.39, 0.29) is 34.3 Å². The quantitative estimate of drug-likeness (QED) is 0.162. The molecule has 3 aromatic carbocycles. The molecule has 8 nitrogen and oxygen atoms in total. The summed E-state index contributed by atoms with van der Waals surface area (Å²) in [6.07, 6.45) is 2.55. The fraction of sp³-hybridized carbons (Fsp3) is 0.321. The molecule has 0 unspecified atom stereocenters. The van der Waals surface area contributed by atoms with Crippen molar-refractivity contribution < 1.29 is 40.5 Å². The zero-order chi connectivity index (χ0) is 27.0. The number of aromatic hydroxyl groups is 7. The van der Waals surface area contributed by atoms with Gasteiger partial charge in [0.2, 0.25) is 5.75 Å². The molecule has 0 aliphatic rings. The second-order valence-electron chi connectivity index (χ2n) is 9.01. The first kappa shape index (κ1) is 28.2. The van der Waals surface area contributed by atoms with E-state index in [9.17, 15) is 30.3 Å². The first-order valence-electron chi connectivity index (χ1n) is 11.7. The molecular weight excluding hydrogens is 464 g/mol. The summed E-state index contributed by atoms with van der Waals surface area (Å²) in [4.78, 5) is 11.4. The third-order valence-corrected chi connectivity index (χ3v) is 6.07. The zero-order valence-electron chi connectivity index (χ0n) is 20.6. The van der Waals surface area contributed by atoms with Crippen molar-refractivity contribution in [3.63, 3.8) is 0 Å². The number of hydrogen-bond donors (Lipinski definition) is 7. The Morgan fingerprint density at radius 3 is 1.50 bits per heavy atom. The summed E-state index contributed by atoms with van der Waals surface area (Å²) in [5.41, 5.74) is 1.99. The van der Waals surface area contributed by atoms with Crippen LogP contribution in [-0.2, 0) is 12.8 Å². The summed E-state index contributed by atoms with van der Waals surface area (Å²) in [5, 5.41) is 65.3. The number of phenols is 7. The van der Waals surface area contributed by atoms with Crippen LogP contribution < -0.4 is 0 Å². The highest BCUT2D eigenvalue weighted by molar-refractivity contribution is 5.99. The summed E-state index contributed by atoms with van der Waals surface area (Å²) in [7, 11) is 0. The number of benzene rings is 3. The molecule has 36 heavy (non-hydrogen) atoms. The topological polar surface area (TPSA) is 159 Å². The average molecular weight is 499 g/mol. The smallest absolute Gasteiger partial charge is 0.201 e. The highest BCUT2D eigenvalue weighted by Crippen LogP contribution is 2.37. The molecule has 3 aromatic rings. The standard InChI is InChI=1S/C18H22O4.C10H12O4/c1-11(7-13-3-5-15(19)17(21)9-13)12(2)8-14-4-6-16(20)18(22)10-14;1-2-3-7(11)6-4-5-8(12)10(14)9(6)13/h3-6,9-12,19-22H,7-8H2,1-2H3;4-5,12-14H,2-3H2,1H3/t11-,12+;. The van der Waals surface area contributed by atoms with E-state index in [4.69, 9.17) is 10.2 Å². The van der Waals surface area contributed by atoms with Crippen molar-refractivity contribution in [1.82, 2.24) is 0 Å². The highest BCUT2D eigenvalue weighted by atomic mass is 16.3. The minimum absolute atomic E-state index is 0.0437. The predicted molar refractivity (Wildman–Crippen MR) is 136 cm³/mol. The molecule has 0 saturated carbocycles. The van der Waals surface area contributed by atoms with E-state index in [0.29, 0.717) is 24.7 Å². The number of ketones is 1. The Morgan fingerprint density at radius 1 is 0.639 bits per heavy atom. The fourth-order valence-electron chi connectivity index (χ4n) is 3.69. The molecule has 3 rings (SSSR count). The lowest BCUT2D eigenvalue weighted by Crippen LogP contribution is -2.13. The lowest BCUT2D eigenvalue weighted by molar-refractivity contribution is 0.0978. The molecule has 0 saturated heterocycles. The molecule has 0 aromatic heterocycles. The van der Waals surface area contributed by atoms with Gasteiger partial charge in [0.15, 0.2) is 40.3 Å². The minimum atomic E-state index is -0.646. The molecule has 0 spiro atoms. The number of carbonyl (C=O) groups is 1. The van der Waals surface area contributed by atoms with Crippen LogP contribution in [0.2, 0.25) is 0 Å². The molecule has 0 amide bonds. The van der Waals surface area contributed by atoms with Crippen LogP contribution in [0.1, 0.15) is 55.1 Å². The van der Waals surface area contributed by atoms with Gasteiger partial charge in [0.05, 0.1) is 5.56 Å². The van der Waals surface area contributed by atoms with Gasteiger partial charge in [0, 0.05) is 6.42 Å². The molecule has 194 valence electrons. The van der Waals surface area contributed by atoms with Gasteiger partial charge in [-0.25, -0.2) is 0 Å². The molecule has 0 radical (unpaired) electrons. The molecule has 0 aliphatic carbocycles. The lowest BCUT2D eigenvalue weighted by Gasteiger charge is -2.20. The Kier molecular flexibility index (Phi) is 9.84. The van der Waals surface area contributed by atoms with E-state index < -0.39 is 17.2 Å². The molecular formula is C28H34O8. The monoisotopic (exact) mass is 498 g/mol. The van der Waals surface area contributed by atoms with Crippen LogP contribution in [0.15, 0.2) is 48.5 Å². The summed E-state index contributed by atoms with van der Waals surface area (Å²) in [6.45, 7) is 6.11. The van der Waals surface area contributed by atoms with Crippen LogP contribution in [-0.4, -0.2) is 41.5 Å². The van der Waals surface area contributed by atoms with Gasteiger partial charge in [0.25, 0.3) is 0 Å². The Morgan fingerprint density at radius 2 is 1.08 bits per heavy atom. The van der Waals surface area contributed by atoms with E-state index in [1.54, 1.807) is 12.1 Å². The van der Waals surface area contributed by atoms with Gasteiger partial charge in [-0.15, -0.1) is 0 Å². The maximum atomic E-state index is 11.4. The maximum absolute atomic E-state index is 11.4. The lowest BCUT2D eigenvalue weighted by atomic mass is 9.85. The Hall–Kier alpha value is -4.07. The summed E-state index contributed by atoms with van der Waals surface area (Å²) < 4.78 is 0. The normalized spacial score (nSPS) is 12.3.